The Labute approximate surface area is 138 Å². The normalized spacial score (nSPS) is 20.9. The highest BCUT2D eigenvalue weighted by Crippen LogP contribution is 2.29. The van der Waals surface area contributed by atoms with Crippen LogP contribution in [0.1, 0.15) is 12.5 Å². The number of rotatable bonds is 4. The molecule has 24 heavy (non-hydrogen) atoms. The molecule has 0 saturated heterocycles. The summed E-state index contributed by atoms with van der Waals surface area (Å²) in [6.45, 7) is 1.21. The number of benzene rings is 1. The Bertz CT molecular complexity index is 819. The number of hydrazone groups is 1. The highest BCUT2D eigenvalue weighted by atomic mass is 32.2. The van der Waals surface area contributed by atoms with E-state index in [1.54, 1.807) is 0 Å². The summed E-state index contributed by atoms with van der Waals surface area (Å²) in [6.07, 6.45) is -1.72. The van der Waals surface area contributed by atoms with Crippen LogP contribution in [0.5, 0.6) is 0 Å². The largest absolute Gasteiger partial charge is 0.463 e. The molecular weight excluding hydrogens is 340 g/mol. The first-order valence-electron chi connectivity index (χ1n) is 6.69. The smallest absolute Gasteiger partial charge is 0.432 e. The molecule has 2 amide bonds. The fourth-order valence-electron chi connectivity index (χ4n) is 2.34. The van der Waals surface area contributed by atoms with E-state index >= 15 is 0 Å². The van der Waals surface area contributed by atoms with Crippen molar-refractivity contribution < 1.29 is 28.3 Å². The van der Waals surface area contributed by atoms with E-state index < -0.39 is 27.6 Å². The number of hydroxylamine groups is 2. The van der Waals surface area contributed by atoms with Crippen molar-refractivity contribution in [1.29, 1.82) is 0 Å². The Morgan fingerprint density at radius 1 is 1.33 bits per heavy atom. The number of likely N-dealkylation sites (N-methyl/N-ethyl adjacent to an activating group) is 1. The van der Waals surface area contributed by atoms with Crippen molar-refractivity contribution >= 4 is 27.7 Å². The first-order valence-corrected chi connectivity index (χ1v) is 8.17. The van der Waals surface area contributed by atoms with Gasteiger partial charge in [-0.3, -0.25) is 10.0 Å². The average molecular weight is 356 g/mol. The van der Waals surface area contributed by atoms with E-state index in [4.69, 9.17) is 5.11 Å². The molecule has 0 spiro atoms. The van der Waals surface area contributed by atoms with Crippen molar-refractivity contribution in [2.75, 3.05) is 14.1 Å². The predicted molar refractivity (Wildman–Crippen MR) is 82.0 cm³/mol. The Morgan fingerprint density at radius 2 is 1.88 bits per heavy atom. The summed E-state index contributed by atoms with van der Waals surface area (Å²) in [5.41, 5.74) is -1.66. The molecule has 2 rings (SSSR count). The van der Waals surface area contributed by atoms with E-state index in [1.165, 1.54) is 45.3 Å². The summed E-state index contributed by atoms with van der Waals surface area (Å²) in [7, 11) is -1.05. The van der Waals surface area contributed by atoms with Gasteiger partial charge in [-0.15, -0.1) is 0 Å². The van der Waals surface area contributed by atoms with Gasteiger partial charge in [0.1, 0.15) is 5.71 Å². The van der Waals surface area contributed by atoms with Crippen molar-refractivity contribution in [3.05, 3.63) is 29.8 Å². The molecule has 1 atom stereocenters. The van der Waals surface area contributed by atoms with Crippen LogP contribution in [0.3, 0.4) is 0 Å². The van der Waals surface area contributed by atoms with Gasteiger partial charge in [0.15, 0.2) is 5.54 Å². The molecule has 0 radical (unpaired) electrons. The van der Waals surface area contributed by atoms with Gasteiger partial charge in [0, 0.05) is 12.6 Å². The van der Waals surface area contributed by atoms with Crippen LogP contribution in [0.25, 0.3) is 0 Å². The Balaban J connectivity index is 2.52. The molecule has 0 aliphatic carbocycles. The van der Waals surface area contributed by atoms with Gasteiger partial charge in [-0.2, -0.15) is 10.2 Å². The van der Waals surface area contributed by atoms with Gasteiger partial charge in [0.25, 0.3) is 5.91 Å². The number of amides is 2. The molecule has 11 heteroatoms. The van der Waals surface area contributed by atoms with Crippen LogP contribution in [0, 0.1) is 0 Å². The molecule has 0 aromatic heterocycles. The molecule has 3 N–H and O–H groups in total. The van der Waals surface area contributed by atoms with E-state index in [2.05, 4.69) is 9.82 Å². The Hall–Kier alpha value is -2.50. The average Bonchev–Trinajstić information content (AvgIpc) is 2.79. The van der Waals surface area contributed by atoms with Gasteiger partial charge in [0.05, 0.1) is 4.90 Å². The summed E-state index contributed by atoms with van der Waals surface area (Å²) in [5, 5.41) is 23.6. The minimum atomic E-state index is -3.64. The third kappa shape index (κ3) is 2.62. The minimum Gasteiger partial charge on any atom is -0.463 e. The lowest BCUT2D eigenvalue weighted by molar-refractivity contribution is -0.155. The van der Waals surface area contributed by atoms with E-state index in [0.29, 0.717) is 5.56 Å². The quantitative estimate of drug-likeness (QED) is 0.508. The lowest BCUT2D eigenvalue weighted by Crippen LogP contribution is -2.58. The number of hydrogen-bond acceptors (Lipinski definition) is 6. The second kappa shape index (κ2) is 5.85. The van der Waals surface area contributed by atoms with Gasteiger partial charge in [-0.05, 0) is 26.1 Å². The maximum absolute atomic E-state index is 12.3. The summed E-state index contributed by atoms with van der Waals surface area (Å²) in [5.74, 6) is -0.741. The fraction of sp³-hybridized carbons (Fsp3) is 0.308. The molecule has 130 valence electrons. The first-order chi connectivity index (χ1) is 11.1. The standard InChI is InChI=1S/C13H16N4O6S/c1-13(17(21)12(19)20)10(15-16(3)11(13)18)8-4-6-9(7-5-8)24(22,23)14-2/h4-7,14,21H,1-3H3,(H,19,20). The fourth-order valence-corrected chi connectivity index (χ4v) is 3.07. The summed E-state index contributed by atoms with van der Waals surface area (Å²) >= 11 is 0. The molecule has 1 aliphatic heterocycles. The molecule has 1 aromatic carbocycles. The maximum atomic E-state index is 12.3. The van der Waals surface area contributed by atoms with Gasteiger partial charge >= 0.3 is 6.09 Å². The molecule has 10 nitrogen and oxygen atoms in total. The highest BCUT2D eigenvalue weighted by Gasteiger charge is 2.53. The van der Waals surface area contributed by atoms with E-state index in [0.717, 1.165) is 5.01 Å². The molecule has 0 fully saturated rings. The predicted octanol–water partition coefficient (Wildman–Crippen LogP) is -0.101. The van der Waals surface area contributed by atoms with Crippen LogP contribution in [0.4, 0.5) is 4.79 Å². The minimum absolute atomic E-state index is 0.00665. The van der Waals surface area contributed by atoms with Crippen molar-refractivity contribution in [3.8, 4) is 0 Å². The Kier molecular flexibility index (Phi) is 4.35. The number of sulfonamides is 1. The number of hydrogen-bond donors (Lipinski definition) is 3. The van der Waals surface area contributed by atoms with Crippen molar-refractivity contribution in [3.63, 3.8) is 0 Å². The summed E-state index contributed by atoms with van der Waals surface area (Å²) in [6, 6.07) is 5.33. The van der Waals surface area contributed by atoms with Crippen LogP contribution < -0.4 is 4.72 Å². The Morgan fingerprint density at radius 3 is 2.33 bits per heavy atom. The first kappa shape index (κ1) is 17.8. The molecule has 1 heterocycles. The highest BCUT2D eigenvalue weighted by molar-refractivity contribution is 7.89. The zero-order valence-electron chi connectivity index (χ0n) is 13.1. The lowest BCUT2D eigenvalue weighted by Gasteiger charge is -2.29. The zero-order chi connectivity index (χ0) is 18.3. The van der Waals surface area contributed by atoms with Crippen LogP contribution in [-0.4, -0.2) is 66.2 Å². The SMILES string of the molecule is CNS(=O)(=O)c1ccc(C2=NN(C)C(=O)C2(C)N(O)C(=O)O)cc1. The molecular formula is C13H16N4O6S. The molecule has 1 aliphatic rings. The van der Waals surface area contributed by atoms with Crippen molar-refractivity contribution in [2.45, 2.75) is 17.4 Å². The van der Waals surface area contributed by atoms with E-state index in [9.17, 15) is 23.2 Å². The molecule has 0 bridgehead atoms. The maximum Gasteiger partial charge on any atom is 0.432 e. The number of carboxylic acid groups (broad SMARTS) is 1. The molecule has 0 saturated carbocycles. The van der Waals surface area contributed by atoms with Crippen molar-refractivity contribution in [2.24, 2.45) is 5.10 Å². The van der Waals surface area contributed by atoms with Gasteiger partial charge < -0.3 is 5.11 Å². The van der Waals surface area contributed by atoms with E-state index in [1.807, 2.05) is 0 Å². The number of carbonyl (C=O) groups excluding carboxylic acids is 1. The van der Waals surface area contributed by atoms with Crippen LogP contribution in [0.15, 0.2) is 34.3 Å². The summed E-state index contributed by atoms with van der Waals surface area (Å²) in [4.78, 5) is 23.4. The number of nitrogens with zero attached hydrogens (tertiary/aromatic N) is 3. The molecule has 1 unspecified atom stereocenters. The third-order valence-electron chi connectivity index (χ3n) is 3.73. The zero-order valence-corrected chi connectivity index (χ0v) is 13.9. The second-order valence-electron chi connectivity index (χ2n) is 5.18. The lowest BCUT2D eigenvalue weighted by atomic mass is 9.90. The van der Waals surface area contributed by atoms with E-state index in [-0.39, 0.29) is 15.7 Å². The topological polar surface area (TPSA) is 140 Å². The second-order valence-corrected chi connectivity index (χ2v) is 7.06. The third-order valence-corrected chi connectivity index (χ3v) is 5.16. The molecule has 1 aromatic rings. The van der Waals surface area contributed by atoms with Gasteiger partial charge in [-0.25, -0.2) is 22.9 Å². The van der Waals surface area contributed by atoms with Crippen LogP contribution >= 0.6 is 0 Å². The van der Waals surface area contributed by atoms with Crippen molar-refractivity contribution in [1.82, 2.24) is 14.8 Å². The number of carbonyl (C=O) groups is 2. The van der Waals surface area contributed by atoms with Gasteiger partial charge in [-0.1, -0.05) is 12.1 Å². The van der Waals surface area contributed by atoms with Crippen LogP contribution in [-0.2, 0) is 14.8 Å². The summed E-state index contributed by atoms with van der Waals surface area (Å²) < 4.78 is 25.6. The van der Waals surface area contributed by atoms with Crippen LogP contribution in [0.2, 0.25) is 0 Å². The number of nitrogens with one attached hydrogen (secondary N) is 1. The monoisotopic (exact) mass is 356 g/mol. The van der Waals surface area contributed by atoms with Gasteiger partial charge in [0.2, 0.25) is 10.0 Å².